The highest BCUT2D eigenvalue weighted by Crippen LogP contribution is 2.42. The molecule has 0 amide bonds. The van der Waals surface area contributed by atoms with Crippen LogP contribution in [0.1, 0.15) is 26.2 Å². The summed E-state index contributed by atoms with van der Waals surface area (Å²) in [4.78, 5) is 0. The molecule has 3 atom stereocenters. The van der Waals surface area contributed by atoms with Crippen molar-refractivity contribution in [2.75, 3.05) is 0 Å². The van der Waals surface area contributed by atoms with Gasteiger partial charge in [-0.3, -0.25) is 0 Å². The van der Waals surface area contributed by atoms with Crippen molar-refractivity contribution >= 4 is 12.8 Å². The van der Waals surface area contributed by atoms with Gasteiger partial charge in [-0.1, -0.05) is 19.7 Å². The highest BCUT2D eigenvalue weighted by molar-refractivity contribution is 7.77. The van der Waals surface area contributed by atoms with Crippen LogP contribution in [0.15, 0.2) is 0 Å². The Morgan fingerprint density at radius 1 is 1.44 bits per heavy atom. The number of hydrogen-bond donors (Lipinski definition) is 1. The second-order valence-electron chi connectivity index (χ2n) is 3.39. The van der Waals surface area contributed by atoms with Gasteiger partial charge in [0, 0.05) is 12.1 Å². The molecule has 2 heteroatoms. The van der Waals surface area contributed by atoms with Gasteiger partial charge in [0.15, 0.2) is 0 Å². The summed E-state index contributed by atoms with van der Waals surface area (Å²) in [6.45, 7) is 2.34. The molecular formula is C7H13NS. The molecule has 3 unspecified atom stereocenters. The second kappa shape index (κ2) is 1.89. The Hall–Kier alpha value is 0.310. The molecule has 1 nitrogen and oxygen atoms in total. The number of nitrogens with zero attached hydrogens (tertiary/aromatic N) is 1. The van der Waals surface area contributed by atoms with Crippen molar-refractivity contribution in [3.8, 4) is 0 Å². The van der Waals surface area contributed by atoms with Gasteiger partial charge in [-0.15, -0.1) is 0 Å². The zero-order valence-corrected chi connectivity index (χ0v) is 6.64. The maximum Gasteiger partial charge on any atom is 0.0230 e. The number of rotatable bonds is 0. The number of thiol groups is 1. The van der Waals surface area contributed by atoms with Crippen molar-refractivity contribution in [3.63, 3.8) is 0 Å². The summed E-state index contributed by atoms with van der Waals surface area (Å²) in [5.74, 6) is 0.904. The quantitative estimate of drug-likeness (QED) is 0.505. The predicted octanol–water partition coefficient (Wildman–Crippen LogP) is 1.70. The Bertz CT molecular complexity index is 126. The predicted molar refractivity (Wildman–Crippen MR) is 41.4 cm³/mol. The summed E-state index contributed by atoms with van der Waals surface area (Å²) in [5.41, 5.74) is 0. The lowest BCUT2D eigenvalue weighted by Gasteiger charge is -2.15. The van der Waals surface area contributed by atoms with Gasteiger partial charge < -0.3 is 0 Å². The van der Waals surface area contributed by atoms with Crippen molar-refractivity contribution in [2.45, 2.75) is 38.3 Å². The minimum atomic E-state index is 0.804. The number of fused-ring (bicyclic) bond motifs is 2. The van der Waals surface area contributed by atoms with Crippen LogP contribution in [-0.4, -0.2) is 16.4 Å². The number of hydrogen-bond acceptors (Lipinski definition) is 2. The first-order chi connectivity index (χ1) is 4.29. The normalized spacial score (nSPS) is 50.7. The second-order valence-corrected chi connectivity index (χ2v) is 3.85. The fraction of sp³-hybridized carbons (Fsp3) is 1.00. The summed E-state index contributed by atoms with van der Waals surface area (Å²) >= 11 is 4.44. The molecule has 9 heavy (non-hydrogen) atoms. The van der Waals surface area contributed by atoms with Crippen LogP contribution < -0.4 is 0 Å². The smallest absolute Gasteiger partial charge is 0.0230 e. The van der Waals surface area contributed by atoms with E-state index in [-0.39, 0.29) is 0 Å². The van der Waals surface area contributed by atoms with E-state index in [1.54, 1.807) is 0 Å². The van der Waals surface area contributed by atoms with E-state index in [1.807, 2.05) is 0 Å². The van der Waals surface area contributed by atoms with Gasteiger partial charge in [-0.05, 0) is 25.2 Å². The molecule has 0 aromatic heterocycles. The van der Waals surface area contributed by atoms with Crippen LogP contribution in [0, 0.1) is 5.92 Å². The Morgan fingerprint density at radius 2 is 2.22 bits per heavy atom. The zero-order valence-electron chi connectivity index (χ0n) is 5.75. The van der Waals surface area contributed by atoms with Gasteiger partial charge >= 0.3 is 0 Å². The van der Waals surface area contributed by atoms with E-state index in [0.29, 0.717) is 0 Å². The molecule has 2 saturated heterocycles. The molecule has 0 spiro atoms. The molecule has 2 heterocycles. The summed E-state index contributed by atoms with van der Waals surface area (Å²) in [6, 6.07) is 1.62. The SMILES string of the molecule is CC1CC2CCC1N2S. The van der Waals surface area contributed by atoms with E-state index < -0.39 is 0 Å². The third-order valence-electron chi connectivity index (χ3n) is 2.81. The first-order valence-corrected chi connectivity index (χ1v) is 4.16. The van der Waals surface area contributed by atoms with Gasteiger partial charge in [0.05, 0.1) is 0 Å². The largest absolute Gasteiger partial charge is 0.247 e. The maximum atomic E-state index is 4.44. The Morgan fingerprint density at radius 3 is 2.44 bits per heavy atom. The van der Waals surface area contributed by atoms with Crippen molar-refractivity contribution in [3.05, 3.63) is 0 Å². The molecule has 0 radical (unpaired) electrons. The van der Waals surface area contributed by atoms with Crippen LogP contribution in [-0.2, 0) is 0 Å². The van der Waals surface area contributed by atoms with Crippen LogP contribution in [0.5, 0.6) is 0 Å². The van der Waals surface area contributed by atoms with Crippen LogP contribution in [0.4, 0.5) is 0 Å². The average Bonchev–Trinajstić information content (AvgIpc) is 2.25. The molecule has 2 rings (SSSR count). The topological polar surface area (TPSA) is 3.24 Å². The summed E-state index contributed by atoms with van der Waals surface area (Å²) < 4.78 is 2.27. The van der Waals surface area contributed by atoms with Crippen molar-refractivity contribution < 1.29 is 0 Å². The van der Waals surface area contributed by atoms with Crippen LogP contribution >= 0.6 is 12.8 Å². The minimum absolute atomic E-state index is 0.804. The first kappa shape index (κ1) is 6.05. The molecule has 52 valence electrons. The standard InChI is InChI=1S/C7H13NS/c1-5-4-6-2-3-7(5)8(6)9/h5-7,9H,2-4H2,1H3. The lowest BCUT2D eigenvalue weighted by atomic mass is 9.91. The van der Waals surface area contributed by atoms with E-state index in [4.69, 9.17) is 0 Å². The van der Waals surface area contributed by atoms with Crippen molar-refractivity contribution in [1.82, 2.24) is 4.31 Å². The van der Waals surface area contributed by atoms with E-state index in [0.717, 1.165) is 18.0 Å². The van der Waals surface area contributed by atoms with Crippen LogP contribution in [0.3, 0.4) is 0 Å². The molecule has 0 N–H and O–H groups in total. The van der Waals surface area contributed by atoms with Crippen molar-refractivity contribution in [1.29, 1.82) is 0 Å². The highest BCUT2D eigenvalue weighted by Gasteiger charge is 2.42. The molecule has 0 aromatic rings. The van der Waals surface area contributed by atoms with E-state index in [2.05, 4.69) is 24.0 Å². The molecule has 2 bridgehead atoms. The average molecular weight is 143 g/mol. The fourth-order valence-corrected chi connectivity index (χ4v) is 2.81. The third kappa shape index (κ3) is 0.729. The maximum absolute atomic E-state index is 4.44. The first-order valence-electron chi connectivity index (χ1n) is 3.76. The highest BCUT2D eigenvalue weighted by atomic mass is 32.1. The summed E-state index contributed by atoms with van der Waals surface area (Å²) in [6.07, 6.45) is 4.15. The van der Waals surface area contributed by atoms with Crippen molar-refractivity contribution in [2.24, 2.45) is 5.92 Å². The van der Waals surface area contributed by atoms with Gasteiger partial charge in [0.25, 0.3) is 0 Å². The minimum Gasteiger partial charge on any atom is -0.247 e. The van der Waals surface area contributed by atoms with Gasteiger partial charge in [-0.25, -0.2) is 4.31 Å². The molecule has 2 aliphatic heterocycles. The van der Waals surface area contributed by atoms with Crippen LogP contribution in [0.2, 0.25) is 0 Å². The van der Waals surface area contributed by atoms with Crippen LogP contribution in [0.25, 0.3) is 0 Å². The zero-order chi connectivity index (χ0) is 6.43. The Labute approximate surface area is 62.0 Å². The van der Waals surface area contributed by atoms with E-state index in [9.17, 15) is 0 Å². The van der Waals surface area contributed by atoms with Gasteiger partial charge in [-0.2, -0.15) is 0 Å². The lowest BCUT2D eigenvalue weighted by Crippen LogP contribution is -2.19. The molecule has 0 saturated carbocycles. The lowest BCUT2D eigenvalue weighted by molar-refractivity contribution is 0.407. The fourth-order valence-electron chi connectivity index (χ4n) is 2.26. The van der Waals surface area contributed by atoms with E-state index in [1.165, 1.54) is 19.3 Å². The van der Waals surface area contributed by atoms with E-state index >= 15 is 0 Å². The summed E-state index contributed by atoms with van der Waals surface area (Å²) in [7, 11) is 0. The molecule has 2 fully saturated rings. The van der Waals surface area contributed by atoms with Gasteiger partial charge in [0.2, 0.25) is 0 Å². The molecule has 0 aromatic carbocycles. The third-order valence-corrected chi connectivity index (χ3v) is 3.43. The Balaban J connectivity index is 2.16. The summed E-state index contributed by atoms with van der Waals surface area (Å²) in [5, 5.41) is 0. The van der Waals surface area contributed by atoms with Gasteiger partial charge in [0.1, 0.15) is 0 Å². The molecular weight excluding hydrogens is 130 g/mol. The molecule has 0 aliphatic carbocycles. The monoisotopic (exact) mass is 143 g/mol. The Kier molecular flexibility index (Phi) is 1.27. The molecule has 2 aliphatic rings.